The van der Waals surface area contributed by atoms with Crippen LogP contribution in [0, 0.1) is 0 Å². The molecule has 2 heterocycles. The Kier molecular flexibility index (Phi) is 4.95. The van der Waals surface area contributed by atoms with E-state index in [0.717, 1.165) is 32.4 Å². The van der Waals surface area contributed by atoms with E-state index in [9.17, 15) is 9.59 Å². The van der Waals surface area contributed by atoms with Gasteiger partial charge < -0.3 is 15.4 Å². The number of morpholine rings is 1. The van der Waals surface area contributed by atoms with Crippen molar-refractivity contribution in [2.24, 2.45) is 0 Å². The Balaban J connectivity index is 1.76. The number of nitrogens with zero attached hydrogens (tertiary/aromatic N) is 1. The Morgan fingerprint density at radius 1 is 1.39 bits per heavy atom. The summed E-state index contributed by atoms with van der Waals surface area (Å²) in [6.07, 6.45) is 2.70. The zero-order chi connectivity index (χ0) is 12.8. The average molecular weight is 255 g/mol. The fraction of sp³-hybridized carbons (Fsp3) is 0.833. The average Bonchev–Trinajstić information content (AvgIpc) is 2.56. The summed E-state index contributed by atoms with van der Waals surface area (Å²) in [5.74, 6) is -0.123. The van der Waals surface area contributed by atoms with Crippen LogP contribution in [0.25, 0.3) is 0 Å². The van der Waals surface area contributed by atoms with E-state index in [-0.39, 0.29) is 17.9 Å². The van der Waals surface area contributed by atoms with Crippen LogP contribution in [0.5, 0.6) is 0 Å². The topological polar surface area (TPSA) is 70.7 Å². The first-order valence-corrected chi connectivity index (χ1v) is 6.63. The first-order chi connectivity index (χ1) is 8.75. The summed E-state index contributed by atoms with van der Waals surface area (Å²) in [6.45, 7) is 3.99. The molecule has 6 nitrogen and oxygen atoms in total. The van der Waals surface area contributed by atoms with Crippen LogP contribution in [0.2, 0.25) is 0 Å². The van der Waals surface area contributed by atoms with E-state index < -0.39 is 0 Å². The molecule has 6 heteroatoms. The van der Waals surface area contributed by atoms with Gasteiger partial charge in [0.05, 0.1) is 19.8 Å². The molecule has 2 N–H and O–H groups in total. The lowest BCUT2D eigenvalue weighted by molar-refractivity contribution is -0.129. The van der Waals surface area contributed by atoms with E-state index in [1.54, 1.807) is 0 Å². The van der Waals surface area contributed by atoms with Gasteiger partial charge in [-0.2, -0.15) is 0 Å². The zero-order valence-corrected chi connectivity index (χ0v) is 10.6. The Hall–Kier alpha value is -1.14. The Bertz CT molecular complexity index is 303. The van der Waals surface area contributed by atoms with E-state index in [1.165, 1.54) is 0 Å². The van der Waals surface area contributed by atoms with Gasteiger partial charge in [-0.3, -0.25) is 14.5 Å². The molecule has 2 aliphatic rings. The van der Waals surface area contributed by atoms with E-state index in [1.807, 2.05) is 4.90 Å². The first-order valence-electron chi connectivity index (χ1n) is 6.63. The van der Waals surface area contributed by atoms with Crippen LogP contribution in [0.4, 0.5) is 0 Å². The number of amides is 2. The second-order valence-corrected chi connectivity index (χ2v) is 4.80. The van der Waals surface area contributed by atoms with E-state index >= 15 is 0 Å². The van der Waals surface area contributed by atoms with Gasteiger partial charge in [-0.25, -0.2) is 0 Å². The van der Waals surface area contributed by atoms with Crippen molar-refractivity contribution in [2.75, 3.05) is 39.4 Å². The summed E-state index contributed by atoms with van der Waals surface area (Å²) >= 11 is 0. The van der Waals surface area contributed by atoms with Gasteiger partial charge in [-0.1, -0.05) is 0 Å². The molecule has 0 saturated carbocycles. The molecule has 0 spiro atoms. The first kappa shape index (κ1) is 13.3. The number of nitrogens with one attached hydrogen (secondary N) is 2. The van der Waals surface area contributed by atoms with Crippen molar-refractivity contribution in [2.45, 2.75) is 25.3 Å². The predicted molar refractivity (Wildman–Crippen MR) is 66.1 cm³/mol. The lowest BCUT2D eigenvalue weighted by atomic mass is 10.1. The van der Waals surface area contributed by atoms with Crippen LogP contribution in [0.3, 0.4) is 0 Å². The largest absolute Gasteiger partial charge is 0.379 e. The fourth-order valence-electron chi connectivity index (χ4n) is 2.28. The van der Waals surface area contributed by atoms with Crippen LogP contribution in [-0.2, 0) is 14.3 Å². The standard InChI is InChI=1S/C12H21N3O3/c16-11(9-15-5-7-18-8-6-15)14-10-3-1-2-4-13-12(10)17/h10H,1-9H2,(H,13,17)(H,14,16). The minimum Gasteiger partial charge on any atom is -0.379 e. The van der Waals surface area contributed by atoms with Crippen LogP contribution < -0.4 is 10.6 Å². The summed E-state index contributed by atoms with van der Waals surface area (Å²) < 4.78 is 5.23. The van der Waals surface area contributed by atoms with Gasteiger partial charge in [0.2, 0.25) is 11.8 Å². The maximum Gasteiger partial charge on any atom is 0.242 e. The molecule has 102 valence electrons. The normalized spacial score (nSPS) is 26.2. The molecule has 1 atom stereocenters. The van der Waals surface area contributed by atoms with Crippen molar-refractivity contribution in [1.82, 2.24) is 15.5 Å². The van der Waals surface area contributed by atoms with E-state index in [2.05, 4.69) is 10.6 Å². The highest BCUT2D eigenvalue weighted by Crippen LogP contribution is 2.05. The van der Waals surface area contributed by atoms with Crippen LogP contribution in [-0.4, -0.2) is 62.1 Å². The van der Waals surface area contributed by atoms with Gasteiger partial charge >= 0.3 is 0 Å². The third kappa shape index (κ3) is 3.96. The molecular weight excluding hydrogens is 234 g/mol. The molecule has 1 unspecified atom stereocenters. The summed E-state index contributed by atoms with van der Waals surface area (Å²) in [4.78, 5) is 25.6. The second kappa shape index (κ2) is 6.70. The minimum atomic E-state index is -0.360. The quantitative estimate of drug-likeness (QED) is 0.686. The van der Waals surface area contributed by atoms with Crippen molar-refractivity contribution >= 4 is 11.8 Å². The molecule has 0 aliphatic carbocycles. The van der Waals surface area contributed by atoms with Gasteiger partial charge in [0.25, 0.3) is 0 Å². The fourth-order valence-corrected chi connectivity index (χ4v) is 2.28. The SMILES string of the molecule is O=C(CN1CCOCC1)NC1CCCCNC1=O. The van der Waals surface area contributed by atoms with Crippen LogP contribution >= 0.6 is 0 Å². The van der Waals surface area contributed by atoms with Gasteiger partial charge in [0.1, 0.15) is 6.04 Å². The number of hydrogen-bond donors (Lipinski definition) is 2. The molecule has 0 aromatic heterocycles. The summed E-state index contributed by atoms with van der Waals surface area (Å²) in [7, 11) is 0. The van der Waals surface area contributed by atoms with Gasteiger partial charge in [-0.15, -0.1) is 0 Å². The number of carbonyl (C=O) groups excluding carboxylic acids is 2. The molecule has 18 heavy (non-hydrogen) atoms. The minimum absolute atomic E-state index is 0.0529. The smallest absolute Gasteiger partial charge is 0.242 e. The summed E-state index contributed by atoms with van der Waals surface area (Å²) in [5.41, 5.74) is 0. The number of carbonyl (C=O) groups is 2. The third-order valence-electron chi connectivity index (χ3n) is 3.34. The number of rotatable bonds is 3. The van der Waals surface area contributed by atoms with Gasteiger partial charge in [0.15, 0.2) is 0 Å². The third-order valence-corrected chi connectivity index (χ3v) is 3.34. The number of ether oxygens (including phenoxy) is 1. The highest BCUT2D eigenvalue weighted by Gasteiger charge is 2.23. The van der Waals surface area contributed by atoms with Crippen molar-refractivity contribution in [3.8, 4) is 0 Å². The second-order valence-electron chi connectivity index (χ2n) is 4.80. The van der Waals surface area contributed by atoms with E-state index in [0.29, 0.717) is 26.3 Å². The van der Waals surface area contributed by atoms with Crippen molar-refractivity contribution < 1.29 is 14.3 Å². The molecule has 2 fully saturated rings. The highest BCUT2D eigenvalue weighted by molar-refractivity contribution is 5.88. The monoisotopic (exact) mass is 255 g/mol. The van der Waals surface area contributed by atoms with E-state index in [4.69, 9.17) is 4.74 Å². The predicted octanol–water partition coefficient (Wildman–Crippen LogP) is -0.896. The molecular formula is C12H21N3O3. The highest BCUT2D eigenvalue weighted by atomic mass is 16.5. The van der Waals surface area contributed by atoms with Crippen molar-refractivity contribution in [1.29, 1.82) is 0 Å². The number of hydrogen-bond acceptors (Lipinski definition) is 4. The lowest BCUT2D eigenvalue weighted by Gasteiger charge is -2.26. The summed E-state index contributed by atoms with van der Waals surface area (Å²) in [5, 5.41) is 5.64. The Morgan fingerprint density at radius 2 is 2.17 bits per heavy atom. The molecule has 2 aliphatic heterocycles. The Labute approximate surface area is 107 Å². The maximum atomic E-state index is 11.9. The van der Waals surface area contributed by atoms with Crippen molar-refractivity contribution in [3.63, 3.8) is 0 Å². The molecule has 2 saturated heterocycles. The molecule has 2 amide bonds. The van der Waals surface area contributed by atoms with Crippen LogP contribution in [0.15, 0.2) is 0 Å². The Morgan fingerprint density at radius 3 is 2.94 bits per heavy atom. The molecule has 0 aromatic carbocycles. The lowest BCUT2D eigenvalue weighted by Crippen LogP contribution is -2.50. The summed E-state index contributed by atoms with van der Waals surface area (Å²) in [6, 6.07) is -0.360. The molecule has 2 rings (SSSR count). The van der Waals surface area contributed by atoms with Gasteiger partial charge in [-0.05, 0) is 19.3 Å². The van der Waals surface area contributed by atoms with Gasteiger partial charge in [0, 0.05) is 19.6 Å². The van der Waals surface area contributed by atoms with Crippen molar-refractivity contribution in [3.05, 3.63) is 0 Å². The maximum absolute atomic E-state index is 11.9. The molecule has 0 radical (unpaired) electrons. The molecule has 0 bridgehead atoms. The zero-order valence-electron chi connectivity index (χ0n) is 10.6. The van der Waals surface area contributed by atoms with Crippen LogP contribution in [0.1, 0.15) is 19.3 Å². The molecule has 0 aromatic rings.